The molecule has 0 atom stereocenters. The first-order valence-electron chi connectivity index (χ1n) is 3.62. The first kappa shape index (κ1) is 11.2. The van der Waals surface area contributed by atoms with Crippen molar-refractivity contribution >= 4 is 22.5 Å². The summed E-state index contributed by atoms with van der Waals surface area (Å²) in [4.78, 5) is 3.83. The molecular weight excluding hydrogens is 246 g/mol. The number of phenols is 1. The number of aromatic nitrogens is 1. The maximum atomic E-state index is 12.9. The van der Waals surface area contributed by atoms with Crippen LogP contribution in [0.1, 0.15) is 0 Å². The molecule has 0 unspecified atom stereocenters. The number of pyridine rings is 1. The van der Waals surface area contributed by atoms with Crippen LogP contribution in [0.15, 0.2) is 24.4 Å². The molecule has 14 heavy (non-hydrogen) atoms. The minimum atomic E-state index is -0.754. The minimum absolute atomic E-state index is 0. The minimum Gasteiger partial charge on any atom is -0.503 e. The second kappa shape index (κ2) is 4.13. The van der Waals surface area contributed by atoms with Crippen molar-refractivity contribution in [1.29, 1.82) is 0 Å². The summed E-state index contributed by atoms with van der Waals surface area (Å²) in [7, 11) is 0. The summed E-state index contributed by atoms with van der Waals surface area (Å²) < 4.78 is 12.9. The summed E-state index contributed by atoms with van der Waals surface area (Å²) in [5.41, 5.74) is 0.188. The molecule has 71 valence electrons. The van der Waals surface area contributed by atoms with Crippen molar-refractivity contribution in [3.8, 4) is 5.75 Å². The van der Waals surface area contributed by atoms with Gasteiger partial charge < -0.3 is 5.11 Å². The van der Waals surface area contributed by atoms with E-state index in [4.69, 9.17) is 11.6 Å². The fourth-order valence-corrected chi connectivity index (χ4v) is 1.41. The molecule has 1 aromatic carbocycles. The smallest absolute Gasteiger partial charge is 0.503 e. The van der Waals surface area contributed by atoms with Crippen molar-refractivity contribution in [2.45, 2.75) is 0 Å². The molecule has 0 amide bonds. The predicted octanol–water partition coefficient (Wildman–Crippen LogP) is 2.73. The molecule has 0 spiro atoms. The van der Waals surface area contributed by atoms with Crippen molar-refractivity contribution in [3.05, 3.63) is 35.2 Å². The molecule has 1 radical (unpaired) electrons. The second-order valence-corrected chi connectivity index (χ2v) is 3.00. The van der Waals surface area contributed by atoms with Gasteiger partial charge in [0.1, 0.15) is 5.52 Å². The van der Waals surface area contributed by atoms with Gasteiger partial charge >= 0.3 is 17.1 Å². The summed E-state index contributed by atoms with van der Waals surface area (Å²) in [6, 6.07) is 4.41. The molecule has 2 rings (SSSR count). The Morgan fingerprint density at radius 2 is 2.14 bits per heavy atom. The summed E-state index contributed by atoms with van der Waals surface area (Å²) in [5, 5.41) is 10.1. The number of aromatic hydroxyl groups is 1. The normalized spacial score (nSPS) is 9.86. The zero-order chi connectivity index (χ0) is 9.42. The van der Waals surface area contributed by atoms with Crippen LogP contribution in [0.5, 0.6) is 5.75 Å². The van der Waals surface area contributed by atoms with Gasteiger partial charge in [-0.05, 0) is 18.2 Å². The summed E-state index contributed by atoms with van der Waals surface area (Å²) in [6.07, 6.45) is 1.47. The van der Waals surface area contributed by atoms with Crippen LogP contribution in [0.25, 0.3) is 10.9 Å². The van der Waals surface area contributed by atoms with Gasteiger partial charge in [0.2, 0.25) is 0 Å². The Hall–Kier alpha value is -0.831. The zero-order valence-corrected chi connectivity index (χ0v) is 8.77. The van der Waals surface area contributed by atoms with Gasteiger partial charge in [-0.1, -0.05) is 11.6 Å². The summed E-state index contributed by atoms with van der Waals surface area (Å²) in [6.45, 7) is 0. The number of rotatable bonds is 0. The van der Waals surface area contributed by atoms with Crippen LogP contribution >= 0.6 is 11.6 Å². The SMILES string of the molecule is Oc1c([18F])cc(Cl)c2cccnc12.[Mn+2]. The molecule has 0 aliphatic heterocycles. The number of halogens is 2. The number of fused-ring (bicyclic) bond motifs is 1. The van der Waals surface area contributed by atoms with Crippen LogP contribution in [0.4, 0.5) is 4.39 Å². The van der Waals surface area contributed by atoms with Crippen LogP contribution < -0.4 is 0 Å². The largest absolute Gasteiger partial charge is 2.00 e. The van der Waals surface area contributed by atoms with Gasteiger partial charge in [-0.15, -0.1) is 0 Å². The van der Waals surface area contributed by atoms with Crippen LogP contribution in [-0.2, 0) is 17.1 Å². The fourth-order valence-electron chi connectivity index (χ4n) is 1.16. The van der Waals surface area contributed by atoms with E-state index < -0.39 is 11.6 Å². The molecule has 0 saturated carbocycles. The van der Waals surface area contributed by atoms with Gasteiger partial charge in [-0.25, -0.2) is 4.39 Å². The number of hydrogen-bond donors (Lipinski definition) is 1. The van der Waals surface area contributed by atoms with E-state index in [0.29, 0.717) is 5.39 Å². The maximum Gasteiger partial charge on any atom is 2.00 e. The van der Waals surface area contributed by atoms with Crippen LogP contribution in [0.3, 0.4) is 0 Å². The Morgan fingerprint density at radius 3 is 2.86 bits per heavy atom. The third kappa shape index (κ3) is 1.69. The Balaban J connectivity index is 0.000000980. The Kier molecular flexibility index (Phi) is 3.32. The second-order valence-electron chi connectivity index (χ2n) is 2.59. The summed E-state index contributed by atoms with van der Waals surface area (Å²) in [5.74, 6) is -1.21. The zero-order valence-electron chi connectivity index (χ0n) is 6.84. The molecule has 0 fully saturated rings. The average Bonchev–Trinajstić information content (AvgIpc) is 2.15. The van der Waals surface area contributed by atoms with Gasteiger partial charge in [0.05, 0.1) is 5.02 Å². The molecule has 0 saturated heterocycles. The first-order chi connectivity index (χ1) is 6.20. The number of hydrogen-bond acceptors (Lipinski definition) is 2. The molecule has 1 heterocycles. The van der Waals surface area contributed by atoms with E-state index >= 15 is 0 Å². The van der Waals surface area contributed by atoms with Crippen LogP contribution in [-0.4, -0.2) is 10.1 Å². The quantitative estimate of drug-likeness (QED) is 0.730. The van der Waals surface area contributed by atoms with Gasteiger partial charge in [0, 0.05) is 11.6 Å². The maximum absolute atomic E-state index is 12.9. The Morgan fingerprint density at radius 1 is 1.43 bits per heavy atom. The van der Waals surface area contributed by atoms with E-state index in [9.17, 15) is 9.50 Å². The van der Waals surface area contributed by atoms with Crippen molar-refractivity contribution in [3.63, 3.8) is 0 Å². The first-order valence-corrected chi connectivity index (χ1v) is 3.99. The molecule has 0 bridgehead atoms. The molecule has 0 aliphatic carbocycles. The van der Waals surface area contributed by atoms with E-state index in [-0.39, 0.29) is 27.6 Å². The molecule has 5 heteroatoms. The van der Waals surface area contributed by atoms with E-state index in [1.54, 1.807) is 12.1 Å². The molecule has 2 aromatic rings. The molecule has 1 aromatic heterocycles. The predicted molar refractivity (Wildman–Crippen MR) is 48.4 cm³/mol. The monoisotopic (exact) mass is 251 g/mol. The Bertz CT molecular complexity index is 478. The number of nitrogens with zero attached hydrogens (tertiary/aromatic N) is 1. The van der Waals surface area contributed by atoms with Crippen molar-refractivity contribution in [1.82, 2.24) is 4.98 Å². The van der Waals surface area contributed by atoms with Crippen molar-refractivity contribution in [2.75, 3.05) is 0 Å². The fraction of sp³-hybridized carbons (Fsp3) is 0. The van der Waals surface area contributed by atoms with Gasteiger partial charge in [0.25, 0.3) is 0 Å². The Labute approximate surface area is 95.2 Å². The van der Waals surface area contributed by atoms with E-state index in [1.165, 1.54) is 6.20 Å². The molecule has 0 aliphatic rings. The van der Waals surface area contributed by atoms with E-state index in [0.717, 1.165) is 6.07 Å². The molecule has 1 N–H and O–H groups in total. The summed E-state index contributed by atoms with van der Waals surface area (Å²) >= 11 is 5.74. The topological polar surface area (TPSA) is 33.1 Å². The van der Waals surface area contributed by atoms with Gasteiger partial charge in [0.15, 0.2) is 11.6 Å². The average molecular weight is 252 g/mol. The van der Waals surface area contributed by atoms with E-state index in [1.807, 2.05) is 0 Å². The van der Waals surface area contributed by atoms with Gasteiger partial charge in [-0.2, -0.15) is 0 Å². The van der Waals surface area contributed by atoms with Crippen molar-refractivity contribution < 1.29 is 26.6 Å². The molecule has 2 nitrogen and oxygen atoms in total. The third-order valence-corrected chi connectivity index (χ3v) is 2.08. The number of phenolic OH excluding ortho intramolecular Hbond substituents is 1. The third-order valence-electron chi connectivity index (χ3n) is 1.77. The standard InChI is InChI=1S/C9H5ClFNO.Mn/c10-6-4-7(11)9(13)8-5(6)2-1-3-12-8;/h1-4,13H;/q;+2/i11-1;. The van der Waals surface area contributed by atoms with Gasteiger partial charge in [-0.3, -0.25) is 4.98 Å². The van der Waals surface area contributed by atoms with E-state index in [2.05, 4.69) is 4.98 Å². The van der Waals surface area contributed by atoms with Crippen molar-refractivity contribution in [2.24, 2.45) is 0 Å². The number of benzene rings is 1. The van der Waals surface area contributed by atoms with Crippen LogP contribution in [0, 0.1) is 5.82 Å². The van der Waals surface area contributed by atoms with Crippen LogP contribution in [0.2, 0.25) is 5.02 Å². The molecular formula is C9H5ClFMnNO+2.